The zero-order chi connectivity index (χ0) is 14.1. The molecular formula is C15H33N3. The maximum atomic E-state index is 6.39. The number of nitrogens with two attached hydrogens (primary N) is 1. The molecule has 2 N–H and O–H groups in total. The summed E-state index contributed by atoms with van der Waals surface area (Å²) in [6.45, 7) is 13.9. The van der Waals surface area contributed by atoms with Crippen LogP contribution < -0.4 is 5.73 Å². The Kier molecular flexibility index (Phi) is 5.22. The topological polar surface area (TPSA) is 32.5 Å². The smallest absolute Gasteiger partial charge is 0.0296 e. The first-order valence-corrected chi connectivity index (χ1v) is 7.34. The van der Waals surface area contributed by atoms with Gasteiger partial charge in [-0.1, -0.05) is 34.6 Å². The molecule has 3 nitrogen and oxygen atoms in total. The van der Waals surface area contributed by atoms with Crippen LogP contribution in [0.15, 0.2) is 0 Å². The molecule has 3 heteroatoms. The lowest BCUT2D eigenvalue weighted by atomic mass is 9.80. The summed E-state index contributed by atoms with van der Waals surface area (Å²) in [5.74, 6) is 0.730. The van der Waals surface area contributed by atoms with Crippen molar-refractivity contribution in [3.05, 3.63) is 0 Å². The summed E-state index contributed by atoms with van der Waals surface area (Å²) in [6, 6.07) is 1.42. The monoisotopic (exact) mass is 255 g/mol. The van der Waals surface area contributed by atoms with E-state index in [9.17, 15) is 0 Å². The first-order chi connectivity index (χ1) is 8.18. The van der Waals surface area contributed by atoms with E-state index in [0.29, 0.717) is 12.1 Å². The molecule has 0 aliphatic carbocycles. The van der Waals surface area contributed by atoms with E-state index in [2.05, 4.69) is 58.5 Å². The van der Waals surface area contributed by atoms with Gasteiger partial charge in [0.2, 0.25) is 0 Å². The number of nitrogens with zero attached hydrogens (tertiary/aromatic N) is 2. The normalized spacial score (nSPS) is 29.8. The van der Waals surface area contributed by atoms with Gasteiger partial charge in [0.1, 0.15) is 0 Å². The van der Waals surface area contributed by atoms with Crippen molar-refractivity contribution < 1.29 is 0 Å². The highest BCUT2D eigenvalue weighted by molar-refractivity contribution is 4.97. The van der Waals surface area contributed by atoms with Gasteiger partial charge >= 0.3 is 0 Å². The fraction of sp³-hybridized carbons (Fsp3) is 1.00. The summed E-state index contributed by atoms with van der Waals surface area (Å²) in [7, 11) is 4.38. The molecule has 1 aliphatic heterocycles. The van der Waals surface area contributed by atoms with Crippen molar-refractivity contribution in [1.82, 2.24) is 9.80 Å². The summed E-state index contributed by atoms with van der Waals surface area (Å²) in [4.78, 5) is 4.99. The third-order valence-electron chi connectivity index (χ3n) is 4.42. The van der Waals surface area contributed by atoms with Crippen LogP contribution >= 0.6 is 0 Å². The lowest BCUT2D eigenvalue weighted by molar-refractivity contribution is 0.0910. The highest BCUT2D eigenvalue weighted by Gasteiger charge is 2.41. The van der Waals surface area contributed by atoms with Crippen LogP contribution in [0.4, 0.5) is 0 Å². The molecule has 0 aromatic heterocycles. The molecular weight excluding hydrogens is 222 g/mol. The zero-order valence-electron chi connectivity index (χ0n) is 13.4. The first-order valence-electron chi connectivity index (χ1n) is 7.34. The van der Waals surface area contributed by atoms with Crippen LogP contribution in [0.2, 0.25) is 0 Å². The highest BCUT2D eigenvalue weighted by Crippen LogP contribution is 2.32. The second-order valence-electron chi connectivity index (χ2n) is 7.35. The van der Waals surface area contributed by atoms with Crippen LogP contribution in [0.25, 0.3) is 0 Å². The molecule has 4 unspecified atom stereocenters. The lowest BCUT2D eigenvalue weighted by Crippen LogP contribution is -2.54. The van der Waals surface area contributed by atoms with Crippen molar-refractivity contribution >= 4 is 0 Å². The van der Waals surface area contributed by atoms with Crippen molar-refractivity contribution in [1.29, 1.82) is 0 Å². The predicted molar refractivity (Wildman–Crippen MR) is 79.7 cm³/mol. The van der Waals surface area contributed by atoms with Crippen molar-refractivity contribution in [2.45, 2.75) is 59.2 Å². The quantitative estimate of drug-likeness (QED) is 0.834. The minimum atomic E-state index is 0.246. The Labute approximate surface area is 114 Å². The van der Waals surface area contributed by atoms with Crippen LogP contribution in [0.5, 0.6) is 0 Å². The average Bonchev–Trinajstić information content (AvgIpc) is 2.57. The van der Waals surface area contributed by atoms with Crippen LogP contribution in [0.3, 0.4) is 0 Å². The fourth-order valence-electron chi connectivity index (χ4n) is 3.57. The van der Waals surface area contributed by atoms with Crippen LogP contribution in [-0.4, -0.2) is 55.1 Å². The molecule has 108 valence electrons. The standard InChI is InChI=1S/C15H33N3/c1-8-12(16)14(15(3,4)5)18-9-11(2)13(10-18)17(6)7/h11-14H,8-10,16H2,1-7H3. The van der Waals surface area contributed by atoms with Gasteiger partial charge in [-0.05, 0) is 31.8 Å². The second kappa shape index (κ2) is 5.89. The van der Waals surface area contributed by atoms with E-state index in [-0.39, 0.29) is 11.5 Å². The molecule has 1 fully saturated rings. The summed E-state index contributed by atoms with van der Waals surface area (Å²) in [5, 5.41) is 0. The molecule has 1 rings (SSSR count). The molecule has 1 heterocycles. The van der Waals surface area contributed by atoms with Gasteiger partial charge in [0, 0.05) is 31.2 Å². The van der Waals surface area contributed by atoms with Gasteiger partial charge in [-0.2, -0.15) is 0 Å². The second-order valence-corrected chi connectivity index (χ2v) is 7.35. The first kappa shape index (κ1) is 15.9. The Hall–Kier alpha value is -0.120. The van der Waals surface area contributed by atoms with Crippen LogP contribution in [0, 0.1) is 11.3 Å². The van der Waals surface area contributed by atoms with Crippen LogP contribution in [-0.2, 0) is 0 Å². The van der Waals surface area contributed by atoms with E-state index in [4.69, 9.17) is 5.73 Å². The molecule has 0 aromatic rings. The van der Waals surface area contributed by atoms with Crippen molar-refractivity contribution in [2.75, 3.05) is 27.2 Å². The molecule has 0 amide bonds. The Morgan fingerprint density at radius 3 is 2.17 bits per heavy atom. The summed E-state index contributed by atoms with van der Waals surface area (Å²) < 4.78 is 0. The molecule has 1 saturated heterocycles. The Morgan fingerprint density at radius 1 is 1.28 bits per heavy atom. The van der Waals surface area contributed by atoms with Gasteiger partial charge in [-0.25, -0.2) is 0 Å². The largest absolute Gasteiger partial charge is 0.326 e. The Bertz CT molecular complexity index is 257. The molecule has 0 saturated carbocycles. The maximum Gasteiger partial charge on any atom is 0.0296 e. The predicted octanol–water partition coefficient (Wildman–Crippen LogP) is 2.02. The number of rotatable bonds is 4. The van der Waals surface area contributed by atoms with Gasteiger partial charge < -0.3 is 10.6 Å². The summed E-state index contributed by atoms with van der Waals surface area (Å²) in [5.41, 5.74) is 6.64. The molecule has 0 radical (unpaired) electrons. The van der Waals surface area contributed by atoms with E-state index in [0.717, 1.165) is 18.9 Å². The SMILES string of the molecule is CCC(N)C(N1CC(C)C(N(C)C)C1)C(C)(C)C. The van der Waals surface area contributed by atoms with E-state index >= 15 is 0 Å². The average molecular weight is 255 g/mol. The molecule has 4 atom stereocenters. The van der Waals surface area contributed by atoms with Crippen molar-refractivity contribution in [3.8, 4) is 0 Å². The molecule has 0 spiro atoms. The third-order valence-corrected chi connectivity index (χ3v) is 4.42. The minimum absolute atomic E-state index is 0.246. The van der Waals surface area contributed by atoms with Gasteiger partial charge in [0.25, 0.3) is 0 Å². The van der Waals surface area contributed by atoms with Gasteiger partial charge in [-0.3, -0.25) is 4.90 Å². The number of likely N-dealkylation sites (tertiary alicyclic amines) is 1. The molecule has 0 aromatic carbocycles. The van der Waals surface area contributed by atoms with E-state index in [1.54, 1.807) is 0 Å². The molecule has 18 heavy (non-hydrogen) atoms. The summed E-state index contributed by atoms with van der Waals surface area (Å²) in [6.07, 6.45) is 1.06. The van der Waals surface area contributed by atoms with Crippen LogP contribution in [0.1, 0.15) is 41.0 Å². The van der Waals surface area contributed by atoms with Gasteiger partial charge in [-0.15, -0.1) is 0 Å². The number of hydrogen-bond acceptors (Lipinski definition) is 3. The highest BCUT2D eigenvalue weighted by atomic mass is 15.3. The number of hydrogen-bond donors (Lipinski definition) is 1. The molecule has 0 bridgehead atoms. The maximum absolute atomic E-state index is 6.39. The van der Waals surface area contributed by atoms with E-state index in [1.165, 1.54) is 6.54 Å². The Morgan fingerprint density at radius 2 is 1.83 bits per heavy atom. The van der Waals surface area contributed by atoms with Gasteiger partial charge in [0.15, 0.2) is 0 Å². The Balaban J connectivity index is 2.83. The minimum Gasteiger partial charge on any atom is -0.326 e. The molecule has 1 aliphatic rings. The fourth-order valence-corrected chi connectivity index (χ4v) is 3.57. The van der Waals surface area contributed by atoms with Gasteiger partial charge in [0.05, 0.1) is 0 Å². The lowest BCUT2D eigenvalue weighted by Gasteiger charge is -2.42. The van der Waals surface area contributed by atoms with E-state index < -0.39 is 0 Å². The summed E-state index contributed by atoms with van der Waals surface area (Å²) >= 11 is 0. The van der Waals surface area contributed by atoms with Crippen molar-refractivity contribution in [3.63, 3.8) is 0 Å². The zero-order valence-corrected chi connectivity index (χ0v) is 13.4. The van der Waals surface area contributed by atoms with Crippen molar-refractivity contribution in [2.24, 2.45) is 17.1 Å². The third kappa shape index (κ3) is 3.46. The van der Waals surface area contributed by atoms with E-state index in [1.807, 2.05) is 0 Å². The number of likely N-dealkylation sites (N-methyl/N-ethyl adjacent to an activating group) is 1.